The van der Waals surface area contributed by atoms with Crippen molar-refractivity contribution in [2.75, 3.05) is 30.3 Å². The van der Waals surface area contributed by atoms with Gasteiger partial charge in [-0.3, -0.25) is 0 Å². The summed E-state index contributed by atoms with van der Waals surface area (Å²) in [5.41, 5.74) is 0.300. The summed E-state index contributed by atoms with van der Waals surface area (Å²) in [6.45, 7) is 13.7. The van der Waals surface area contributed by atoms with Gasteiger partial charge in [-0.1, -0.05) is 6.92 Å². The van der Waals surface area contributed by atoms with Crippen molar-refractivity contribution in [3.8, 4) is 5.75 Å². The Morgan fingerprint density at radius 1 is 1.09 bits per heavy atom. The zero-order valence-electron chi connectivity index (χ0n) is 21.4. The van der Waals surface area contributed by atoms with Crippen molar-refractivity contribution in [3.63, 3.8) is 0 Å². The minimum atomic E-state index is -0.520. The van der Waals surface area contributed by atoms with Crippen LogP contribution in [0.1, 0.15) is 60.3 Å². The zero-order valence-corrected chi connectivity index (χ0v) is 21.4. The second-order valence-electron chi connectivity index (χ2n) is 11.1. The number of hydrogen-bond donors (Lipinski definition) is 3. The Morgan fingerprint density at radius 3 is 2.40 bits per heavy atom. The molecule has 9 heteroatoms. The summed E-state index contributed by atoms with van der Waals surface area (Å²) in [4.78, 5) is 10.7. The van der Waals surface area contributed by atoms with Crippen LogP contribution in [0, 0.1) is 11.6 Å². The average Bonchev–Trinajstić information content (AvgIpc) is 2.76. The fourth-order valence-corrected chi connectivity index (χ4v) is 5.47. The first kappa shape index (κ1) is 25.6. The van der Waals surface area contributed by atoms with Crippen LogP contribution in [0.5, 0.6) is 5.75 Å². The predicted octanol–water partition coefficient (Wildman–Crippen LogP) is 5.08. The monoisotopic (exact) mass is 488 g/mol. The van der Waals surface area contributed by atoms with E-state index >= 15 is 0 Å². The molecule has 3 heterocycles. The van der Waals surface area contributed by atoms with Crippen LogP contribution in [0.3, 0.4) is 0 Å². The summed E-state index contributed by atoms with van der Waals surface area (Å²) in [7, 11) is 0. The lowest BCUT2D eigenvalue weighted by molar-refractivity contribution is 0.100. The molecule has 0 amide bonds. The molecule has 2 saturated heterocycles. The van der Waals surface area contributed by atoms with E-state index in [0.29, 0.717) is 5.69 Å². The molecule has 0 unspecified atom stereocenters. The number of aromatic nitrogens is 2. The van der Waals surface area contributed by atoms with Crippen LogP contribution in [0.4, 0.5) is 26.2 Å². The molecule has 0 aliphatic carbocycles. The molecule has 1 aromatic heterocycles. The molecule has 0 radical (unpaired) electrons. The normalized spacial score (nSPS) is 21.0. The van der Waals surface area contributed by atoms with E-state index in [1.54, 1.807) is 12.1 Å². The Hall–Kier alpha value is -2.52. The molecule has 0 spiro atoms. The largest absolute Gasteiger partial charge is 0.487 e. The van der Waals surface area contributed by atoms with Gasteiger partial charge in [-0.05, 0) is 72.1 Å². The highest BCUT2D eigenvalue weighted by molar-refractivity contribution is 5.56. The van der Waals surface area contributed by atoms with Gasteiger partial charge in [-0.25, -0.2) is 13.8 Å². The van der Waals surface area contributed by atoms with Crippen molar-refractivity contribution in [1.29, 1.82) is 0 Å². The highest BCUT2D eigenvalue weighted by Crippen LogP contribution is 2.31. The maximum atomic E-state index is 14.8. The van der Waals surface area contributed by atoms with Gasteiger partial charge >= 0.3 is 0 Å². The third-order valence-corrected chi connectivity index (χ3v) is 6.74. The lowest BCUT2D eigenvalue weighted by atomic mass is 9.79. The molecular weight excluding hydrogens is 450 g/mol. The Bertz CT molecular complexity index is 1010. The lowest BCUT2D eigenvalue weighted by Gasteiger charge is -2.46. The molecule has 192 valence electrons. The first-order valence-electron chi connectivity index (χ1n) is 12.6. The minimum Gasteiger partial charge on any atom is -0.487 e. The number of piperidine rings is 2. The fraction of sp³-hybridized carbons (Fsp3) is 0.615. The van der Waals surface area contributed by atoms with E-state index in [1.807, 2.05) is 0 Å². The van der Waals surface area contributed by atoms with Crippen molar-refractivity contribution < 1.29 is 13.5 Å². The second-order valence-corrected chi connectivity index (χ2v) is 11.1. The van der Waals surface area contributed by atoms with Gasteiger partial charge in [-0.15, -0.1) is 0 Å². The first-order valence-corrected chi connectivity index (χ1v) is 12.6. The van der Waals surface area contributed by atoms with Crippen molar-refractivity contribution >= 4 is 17.5 Å². The summed E-state index contributed by atoms with van der Waals surface area (Å²) in [5.74, 6) is -0.397. The Kier molecular flexibility index (Phi) is 7.47. The van der Waals surface area contributed by atoms with Gasteiger partial charge in [0.1, 0.15) is 6.10 Å². The van der Waals surface area contributed by atoms with Gasteiger partial charge in [0.05, 0.1) is 6.20 Å². The Labute approximate surface area is 207 Å². The molecule has 2 aromatic rings. The second kappa shape index (κ2) is 10.2. The lowest BCUT2D eigenvalue weighted by Crippen LogP contribution is -2.60. The van der Waals surface area contributed by atoms with Crippen LogP contribution in [-0.4, -0.2) is 57.7 Å². The molecule has 2 fully saturated rings. The van der Waals surface area contributed by atoms with E-state index in [9.17, 15) is 8.78 Å². The summed E-state index contributed by atoms with van der Waals surface area (Å²) in [6.07, 6.45) is 4.58. The molecular formula is C26H38F2N6O. The van der Waals surface area contributed by atoms with Crippen molar-refractivity contribution in [2.45, 2.75) is 83.5 Å². The van der Waals surface area contributed by atoms with E-state index in [2.05, 4.69) is 65.4 Å². The van der Waals surface area contributed by atoms with Crippen LogP contribution in [-0.2, 0) is 0 Å². The van der Waals surface area contributed by atoms with Crippen molar-refractivity contribution in [1.82, 2.24) is 20.2 Å². The number of rotatable bonds is 7. The maximum absolute atomic E-state index is 14.8. The molecule has 1 aromatic carbocycles. The van der Waals surface area contributed by atoms with Gasteiger partial charge in [0.2, 0.25) is 5.95 Å². The van der Waals surface area contributed by atoms with Gasteiger partial charge in [0, 0.05) is 42.0 Å². The van der Waals surface area contributed by atoms with Gasteiger partial charge in [0.15, 0.2) is 23.2 Å². The number of anilines is 3. The summed E-state index contributed by atoms with van der Waals surface area (Å²) >= 11 is 0. The maximum Gasteiger partial charge on any atom is 0.229 e. The molecule has 0 bridgehead atoms. The molecule has 4 rings (SSSR count). The predicted molar refractivity (Wildman–Crippen MR) is 135 cm³/mol. The molecule has 7 nitrogen and oxygen atoms in total. The Morgan fingerprint density at radius 2 is 1.77 bits per heavy atom. The summed E-state index contributed by atoms with van der Waals surface area (Å²) in [6, 6.07) is 4.74. The van der Waals surface area contributed by atoms with Crippen LogP contribution in [0.15, 0.2) is 24.4 Å². The Balaban J connectivity index is 1.40. The van der Waals surface area contributed by atoms with E-state index in [-0.39, 0.29) is 40.7 Å². The van der Waals surface area contributed by atoms with Crippen LogP contribution < -0.4 is 20.7 Å². The highest BCUT2D eigenvalue weighted by atomic mass is 19.1. The average molecular weight is 489 g/mol. The topological polar surface area (TPSA) is 74.3 Å². The number of nitrogens with one attached hydrogen (secondary N) is 3. The van der Waals surface area contributed by atoms with Gasteiger partial charge in [-0.2, -0.15) is 4.98 Å². The molecule has 0 atom stereocenters. The van der Waals surface area contributed by atoms with Crippen LogP contribution >= 0.6 is 0 Å². The SMILES string of the molecule is CCN1CCC(Oc2ccc(Nc3ncc(F)c(NC4CC(C)(C)NC(C)(C)C4)n3)cc2F)CC1. The third-order valence-electron chi connectivity index (χ3n) is 6.74. The number of hydrogen-bond acceptors (Lipinski definition) is 7. The molecule has 3 N–H and O–H groups in total. The van der Waals surface area contributed by atoms with Crippen LogP contribution in [0.2, 0.25) is 0 Å². The first-order chi connectivity index (χ1) is 16.5. The molecule has 35 heavy (non-hydrogen) atoms. The van der Waals surface area contributed by atoms with E-state index in [4.69, 9.17) is 4.74 Å². The van der Waals surface area contributed by atoms with Crippen molar-refractivity contribution in [3.05, 3.63) is 36.0 Å². The summed E-state index contributed by atoms with van der Waals surface area (Å²) in [5, 5.41) is 9.86. The quantitative estimate of drug-likeness (QED) is 0.502. The van der Waals surface area contributed by atoms with E-state index in [1.165, 1.54) is 6.07 Å². The minimum absolute atomic E-state index is 0.0186. The summed E-state index contributed by atoms with van der Waals surface area (Å²) < 4.78 is 35.2. The zero-order chi connectivity index (χ0) is 25.2. The number of nitrogens with zero attached hydrogens (tertiary/aromatic N) is 3. The number of halogens is 2. The molecule has 0 saturated carbocycles. The highest BCUT2D eigenvalue weighted by Gasteiger charge is 2.38. The van der Waals surface area contributed by atoms with Gasteiger partial charge in [0.25, 0.3) is 0 Å². The number of benzene rings is 1. The molecule has 2 aliphatic rings. The van der Waals surface area contributed by atoms with E-state index < -0.39 is 11.6 Å². The van der Waals surface area contributed by atoms with Gasteiger partial charge < -0.3 is 25.6 Å². The van der Waals surface area contributed by atoms with Crippen molar-refractivity contribution in [2.24, 2.45) is 0 Å². The van der Waals surface area contributed by atoms with Crippen LogP contribution in [0.25, 0.3) is 0 Å². The standard InChI is InChI=1S/C26H38F2N6O/c1-6-34-11-9-19(10-12-34)35-22-8-7-17(13-20(22)27)31-24-29-16-21(28)23(32-24)30-18-14-25(2,3)33-26(4,5)15-18/h7-8,13,16,18-19,33H,6,9-12,14-15H2,1-5H3,(H2,29,30,31,32). The fourth-order valence-electron chi connectivity index (χ4n) is 5.47. The smallest absolute Gasteiger partial charge is 0.229 e. The number of ether oxygens (including phenoxy) is 1. The third kappa shape index (κ3) is 6.79. The van der Waals surface area contributed by atoms with E-state index in [0.717, 1.165) is 51.5 Å². The number of likely N-dealkylation sites (tertiary alicyclic amines) is 1. The molecule has 2 aliphatic heterocycles.